The zero-order valence-electron chi connectivity index (χ0n) is 14.2. The predicted octanol–water partition coefficient (Wildman–Crippen LogP) is 5.25. The third-order valence-corrected chi connectivity index (χ3v) is 7.25. The molecule has 26 heavy (non-hydrogen) atoms. The molecule has 0 atom stereocenters. The standard InChI is InChI=1S/C19H18ClNO3S2/c1-24-18(23)14-7-8-15(20)16(11-14)21-17(22)12-3-5-13(6-4-12)19-25-9-2-10-26-19/h3-8,11,19H,2,9-10H2,1H3,(H,21,22). The van der Waals surface area contributed by atoms with E-state index in [1.54, 1.807) is 12.1 Å². The van der Waals surface area contributed by atoms with Gasteiger partial charge in [-0.15, -0.1) is 23.5 Å². The van der Waals surface area contributed by atoms with Crippen LogP contribution in [0.2, 0.25) is 5.02 Å². The second-order valence-electron chi connectivity index (χ2n) is 5.69. The molecule has 0 spiro atoms. The van der Waals surface area contributed by atoms with Crippen LogP contribution in [0.4, 0.5) is 5.69 Å². The van der Waals surface area contributed by atoms with E-state index in [-0.39, 0.29) is 5.91 Å². The average molecular weight is 408 g/mol. The van der Waals surface area contributed by atoms with Gasteiger partial charge >= 0.3 is 5.97 Å². The number of ether oxygens (including phenoxy) is 1. The second-order valence-corrected chi connectivity index (χ2v) is 8.82. The summed E-state index contributed by atoms with van der Waals surface area (Å²) in [7, 11) is 1.31. The van der Waals surface area contributed by atoms with Crippen LogP contribution in [0.25, 0.3) is 0 Å². The van der Waals surface area contributed by atoms with Gasteiger partial charge in [-0.25, -0.2) is 4.79 Å². The second kappa shape index (κ2) is 8.84. The minimum Gasteiger partial charge on any atom is -0.465 e. The fraction of sp³-hybridized carbons (Fsp3) is 0.263. The van der Waals surface area contributed by atoms with Crippen LogP contribution >= 0.6 is 35.1 Å². The lowest BCUT2D eigenvalue weighted by molar-refractivity contribution is 0.0600. The number of hydrogen-bond donors (Lipinski definition) is 1. The van der Waals surface area contributed by atoms with E-state index in [1.807, 2.05) is 47.8 Å². The zero-order chi connectivity index (χ0) is 18.5. The third-order valence-electron chi connectivity index (χ3n) is 3.91. The van der Waals surface area contributed by atoms with Crippen LogP contribution in [-0.2, 0) is 4.74 Å². The molecule has 1 fully saturated rings. The van der Waals surface area contributed by atoms with E-state index in [2.05, 4.69) is 5.32 Å². The lowest BCUT2D eigenvalue weighted by Crippen LogP contribution is -2.13. The predicted molar refractivity (Wildman–Crippen MR) is 109 cm³/mol. The van der Waals surface area contributed by atoms with Gasteiger partial charge in [0.25, 0.3) is 5.91 Å². The van der Waals surface area contributed by atoms with Crippen LogP contribution in [0.3, 0.4) is 0 Å². The Morgan fingerprint density at radius 2 is 1.73 bits per heavy atom. The summed E-state index contributed by atoms with van der Waals surface area (Å²) in [6, 6.07) is 12.3. The molecule has 1 heterocycles. The number of amides is 1. The Morgan fingerprint density at radius 3 is 2.38 bits per heavy atom. The molecule has 0 bridgehead atoms. The molecule has 0 aromatic heterocycles. The van der Waals surface area contributed by atoms with Crippen molar-refractivity contribution in [3.63, 3.8) is 0 Å². The third kappa shape index (κ3) is 4.55. The van der Waals surface area contributed by atoms with Crippen molar-refractivity contribution in [1.82, 2.24) is 0 Å². The number of thioether (sulfide) groups is 2. The highest BCUT2D eigenvalue weighted by Gasteiger charge is 2.17. The first-order valence-corrected chi connectivity index (χ1v) is 10.6. The van der Waals surface area contributed by atoms with Crippen molar-refractivity contribution in [2.24, 2.45) is 0 Å². The number of nitrogens with one attached hydrogen (secondary N) is 1. The van der Waals surface area contributed by atoms with Crippen LogP contribution in [0.1, 0.15) is 37.3 Å². The summed E-state index contributed by atoms with van der Waals surface area (Å²) >= 11 is 10.0. The molecule has 136 valence electrons. The Morgan fingerprint density at radius 1 is 1.08 bits per heavy atom. The number of hydrogen-bond acceptors (Lipinski definition) is 5. The normalized spacial score (nSPS) is 14.7. The first-order valence-electron chi connectivity index (χ1n) is 8.11. The number of anilines is 1. The number of methoxy groups -OCH3 is 1. The maximum absolute atomic E-state index is 12.5. The van der Waals surface area contributed by atoms with E-state index in [4.69, 9.17) is 16.3 Å². The summed E-state index contributed by atoms with van der Waals surface area (Å²) in [5.74, 6) is 1.59. The van der Waals surface area contributed by atoms with Gasteiger partial charge in [-0.2, -0.15) is 0 Å². The van der Waals surface area contributed by atoms with Crippen LogP contribution in [0.15, 0.2) is 42.5 Å². The SMILES string of the molecule is COC(=O)c1ccc(Cl)c(NC(=O)c2ccc(C3SCCCS3)cc2)c1. The largest absolute Gasteiger partial charge is 0.465 e. The van der Waals surface area contributed by atoms with Gasteiger partial charge in [0.2, 0.25) is 0 Å². The number of rotatable bonds is 4. The minimum absolute atomic E-state index is 0.274. The zero-order valence-corrected chi connectivity index (χ0v) is 16.5. The highest BCUT2D eigenvalue weighted by molar-refractivity contribution is 8.16. The highest BCUT2D eigenvalue weighted by Crippen LogP contribution is 2.43. The van der Waals surface area contributed by atoms with Gasteiger partial charge in [0, 0.05) is 5.56 Å². The van der Waals surface area contributed by atoms with E-state index in [1.165, 1.54) is 36.7 Å². The van der Waals surface area contributed by atoms with Gasteiger partial charge in [0.05, 0.1) is 28.0 Å². The molecular formula is C19H18ClNO3S2. The van der Waals surface area contributed by atoms with Gasteiger partial charge in [-0.3, -0.25) is 4.79 Å². The lowest BCUT2D eigenvalue weighted by Gasteiger charge is -2.21. The Kier molecular flexibility index (Phi) is 6.51. The van der Waals surface area contributed by atoms with Crippen molar-refractivity contribution < 1.29 is 14.3 Å². The van der Waals surface area contributed by atoms with Crippen LogP contribution in [0, 0.1) is 0 Å². The maximum Gasteiger partial charge on any atom is 0.337 e. The molecule has 3 rings (SSSR count). The molecule has 0 radical (unpaired) electrons. The molecule has 1 aliphatic rings. The molecule has 7 heteroatoms. The van der Waals surface area contributed by atoms with Gasteiger partial charge in [-0.1, -0.05) is 23.7 Å². The summed E-state index contributed by atoms with van der Waals surface area (Å²) in [5.41, 5.74) is 2.47. The highest BCUT2D eigenvalue weighted by atomic mass is 35.5. The van der Waals surface area contributed by atoms with E-state index >= 15 is 0 Å². The Hall–Kier alpha value is -1.63. The maximum atomic E-state index is 12.5. The quantitative estimate of drug-likeness (QED) is 0.701. The first kappa shape index (κ1) is 19.1. The summed E-state index contributed by atoms with van der Waals surface area (Å²) < 4.78 is 5.13. The number of esters is 1. The number of benzene rings is 2. The summed E-state index contributed by atoms with van der Waals surface area (Å²) in [6.45, 7) is 0. The molecule has 1 N–H and O–H groups in total. The molecule has 1 saturated heterocycles. The fourth-order valence-corrected chi connectivity index (χ4v) is 5.59. The summed E-state index contributed by atoms with van der Waals surface area (Å²) in [6.07, 6.45) is 1.25. The number of carbonyl (C=O) groups is 2. The first-order chi connectivity index (χ1) is 12.6. The van der Waals surface area contributed by atoms with Gasteiger partial charge in [-0.05, 0) is 53.8 Å². The van der Waals surface area contributed by atoms with E-state index in [0.29, 0.717) is 26.4 Å². The van der Waals surface area contributed by atoms with Crippen molar-refractivity contribution in [1.29, 1.82) is 0 Å². The van der Waals surface area contributed by atoms with Crippen molar-refractivity contribution in [3.8, 4) is 0 Å². The molecule has 0 saturated carbocycles. The Bertz CT molecular complexity index is 805. The molecule has 2 aromatic carbocycles. The average Bonchev–Trinajstić information content (AvgIpc) is 2.69. The smallest absolute Gasteiger partial charge is 0.337 e. The molecule has 4 nitrogen and oxygen atoms in total. The van der Waals surface area contributed by atoms with E-state index in [9.17, 15) is 9.59 Å². The minimum atomic E-state index is -0.482. The lowest BCUT2D eigenvalue weighted by atomic mass is 10.1. The van der Waals surface area contributed by atoms with Crippen molar-refractivity contribution in [2.45, 2.75) is 11.0 Å². The molecule has 0 aliphatic carbocycles. The molecule has 1 aliphatic heterocycles. The van der Waals surface area contributed by atoms with Crippen molar-refractivity contribution in [2.75, 3.05) is 23.9 Å². The van der Waals surface area contributed by atoms with E-state index < -0.39 is 5.97 Å². The Labute approximate surface area is 166 Å². The van der Waals surface area contributed by atoms with Crippen LogP contribution in [-0.4, -0.2) is 30.5 Å². The van der Waals surface area contributed by atoms with Gasteiger partial charge < -0.3 is 10.1 Å². The fourth-order valence-electron chi connectivity index (χ4n) is 2.53. The van der Waals surface area contributed by atoms with Crippen molar-refractivity contribution in [3.05, 3.63) is 64.2 Å². The Balaban J connectivity index is 1.72. The molecule has 1 amide bonds. The van der Waals surface area contributed by atoms with E-state index in [0.717, 1.165) is 0 Å². The topological polar surface area (TPSA) is 55.4 Å². The van der Waals surface area contributed by atoms with Gasteiger partial charge in [0.1, 0.15) is 0 Å². The van der Waals surface area contributed by atoms with Gasteiger partial charge in [0.15, 0.2) is 0 Å². The summed E-state index contributed by atoms with van der Waals surface area (Å²) in [5, 5.41) is 3.11. The monoisotopic (exact) mass is 407 g/mol. The molecule has 2 aromatic rings. The molecular weight excluding hydrogens is 390 g/mol. The van der Waals surface area contributed by atoms with Crippen LogP contribution in [0.5, 0.6) is 0 Å². The van der Waals surface area contributed by atoms with Crippen molar-refractivity contribution >= 4 is 52.7 Å². The van der Waals surface area contributed by atoms with Crippen LogP contribution < -0.4 is 5.32 Å². The number of halogens is 1. The summed E-state index contributed by atoms with van der Waals surface area (Å²) in [4.78, 5) is 24.1. The molecule has 0 unspecified atom stereocenters. The number of carbonyl (C=O) groups excluding carboxylic acids is 2.